The van der Waals surface area contributed by atoms with Crippen LogP contribution in [0.3, 0.4) is 0 Å². The van der Waals surface area contributed by atoms with E-state index in [-0.39, 0.29) is 16.9 Å². The van der Waals surface area contributed by atoms with Crippen molar-refractivity contribution in [3.63, 3.8) is 0 Å². The highest BCUT2D eigenvalue weighted by atomic mass is 19.1. The van der Waals surface area contributed by atoms with Gasteiger partial charge in [-0.05, 0) is 18.2 Å². The molecule has 1 aromatic heterocycles. The maximum Gasteiger partial charge on any atom is 0.335 e. The minimum atomic E-state index is -1.23. The zero-order chi connectivity index (χ0) is 14.0. The van der Waals surface area contributed by atoms with Gasteiger partial charge in [-0.2, -0.15) is 0 Å². The van der Waals surface area contributed by atoms with Gasteiger partial charge in [-0.3, -0.25) is 4.79 Å². The molecule has 2 N–H and O–H groups in total. The van der Waals surface area contributed by atoms with Crippen LogP contribution in [0.5, 0.6) is 0 Å². The fraction of sp³-hybridized carbons (Fsp3) is 0.0833. The van der Waals surface area contributed by atoms with E-state index in [2.05, 4.69) is 10.3 Å². The number of halogens is 1. The lowest BCUT2D eigenvalue weighted by molar-refractivity contribution is 0.0696. The van der Waals surface area contributed by atoms with Crippen molar-refractivity contribution in [2.45, 2.75) is 0 Å². The van der Waals surface area contributed by atoms with Crippen LogP contribution in [-0.2, 0) is 7.05 Å². The zero-order valence-electron chi connectivity index (χ0n) is 9.92. The number of nitrogens with one attached hydrogen (secondary N) is 1. The summed E-state index contributed by atoms with van der Waals surface area (Å²) in [5.74, 6) is -2.57. The molecule has 1 heterocycles. The summed E-state index contributed by atoms with van der Waals surface area (Å²) < 4.78 is 15.1. The van der Waals surface area contributed by atoms with Crippen molar-refractivity contribution in [3.8, 4) is 0 Å². The quantitative estimate of drug-likeness (QED) is 0.879. The second-order valence-electron chi connectivity index (χ2n) is 3.84. The van der Waals surface area contributed by atoms with Gasteiger partial charge in [-0.15, -0.1) is 0 Å². The van der Waals surface area contributed by atoms with Gasteiger partial charge in [0.05, 0.1) is 23.8 Å². The summed E-state index contributed by atoms with van der Waals surface area (Å²) >= 11 is 0. The molecule has 0 unspecified atom stereocenters. The molecule has 7 heteroatoms. The number of carboxylic acids is 1. The summed E-state index contributed by atoms with van der Waals surface area (Å²) in [4.78, 5) is 26.2. The monoisotopic (exact) mass is 263 g/mol. The maximum atomic E-state index is 13.6. The van der Waals surface area contributed by atoms with E-state index in [4.69, 9.17) is 5.11 Å². The smallest absolute Gasteiger partial charge is 0.335 e. The molecule has 2 aromatic rings. The Kier molecular flexibility index (Phi) is 3.28. The van der Waals surface area contributed by atoms with Crippen LogP contribution in [0.15, 0.2) is 30.7 Å². The first-order valence-corrected chi connectivity index (χ1v) is 5.29. The number of hydrogen-bond donors (Lipinski definition) is 2. The third kappa shape index (κ3) is 2.59. The molecule has 98 valence electrons. The normalized spacial score (nSPS) is 10.2. The van der Waals surface area contributed by atoms with Crippen molar-refractivity contribution in [1.82, 2.24) is 9.55 Å². The molecule has 0 atom stereocenters. The van der Waals surface area contributed by atoms with Crippen molar-refractivity contribution in [2.24, 2.45) is 7.05 Å². The Morgan fingerprint density at radius 2 is 2.16 bits per heavy atom. The second kappa shape index (κ2) is 4.89. The number of aromatic carboxylic acids is 1. The van der Waals surface area contributed by atoms with Gasteiger partial charge in [0.15, 0.2) is 0 Å². The molecule has 1 aromatic carbocycles. The van der Waals surface area contributed by atoms with Gasteiger partial charge in [-0.25, -0.2) is 14.2 Å². The van der Waals surface area contributed by atoms with Gasteiger partial charge in [0, 0.05) is 7.05 Å². The Labute approximate surface area is 107 Å². The average Bonchev–Trinajstić information content (AvgIpc) is 2.77. The number of amides is 1. The summed E-state index contributed by atoms with van der Waals surface area (Å²) in [5, 5.41) is 11.1. The van der Waals surface area contributed by atoms with Crippen molar-refractivity contribution in [3.05, 3.63) is 47.8 Å². The summed E-state index contributed by atoms with van der Waals surface area (Å²) in [6, 6.07) is 3.26. The molecule has 0 aliphatic carbocycles. The number of hydrogen-bond acceptors (Lipinski definition) is 3. The molecule has 0 aliphatic heterocycles. The van der Waals surface area contributed by atoms with Crippen molar-refractivity contribution < 1.29 is 19.1 Å². The summed E-state index contributed by atoms with van der Waals surface area (Å²) in [6.07, 6.45) is 2.79. The second-order valence-corrected chi connectivity index (χ2v) is 3.84. The topological polar surface area (TPSA) is 84.2 Å². The van der Waals surface area contributed by atoms with E-state index in [9.17, 15) is 14.0 Å². The van der Waals surface area contributed by atoms with E-state index < -0.39 is 17.7 Å². The van der Waals surface area contributed by atoms with Crippen molar-refractivity contribution in [1.29, 1.82) is 0 Å². The Morgan fingerprint density at radius 1 is 1.42 bits per heavy atom. The van der Waals surface area contributed by atoms with E-state index >= 15 is 0 Å². The number of benzene rings is 1. The molecule has 0 radical (unpaired) electrons. The van der Waals surface area contributed by atoms with Crippen LogP contribution in [-0.4, -0.2) is 26.5 Å². The summed E-state index contributed by atoms with van der Waals surface area (Å²) in [5.41, 5.74) is -0.00561. The third-order valence-electron chi connectivity index (χ3n) is 2.51. The number of nitrogens with zero attached hydrogens (tertiary/aromatic N) is 2. The van der Waals surface area contributed by atoms with Gasteiger partial charge >= 0.3 is 5.97 Å². The van der Waals surface area contributed by atoms with Crippen LogP contribution in [0, 0.1) is 5.82 Å². The van der Waals surface area contributed by atoms with E-state index in [1.807, 2.05) is 0 Å². The van der Waals surface area contributed by atoms with Crippen LogP contribution in [0.4, 0.5) is 10.1 Å². The van der Waals surface area contributed by atoms with Gasteiger partial charge < -0.3 is 15.0 Å². The molecular weight excluding hydrogens is 253 g/mol. The lowest BCUT2D eigenvalue weighted by atomic mass is 10.2. The molecule has 0 spiro atoms. The third-order valence-corrected chi connectivity index (χ3v) is 2.51. The Balaban J connectivity index is 2.23. The largest absolute Gasteiger partial charge is 0.478 e. The molecule has 0 fully saturated rings. The zero-order valence-corrected chi connectivity index (χ0v) is 9.92. The minimum Gasteiger partial charge on any atom is -0.478 e. The molecule has 0 bridgehead atoms. The van der Waals surface area contributed by atoms with Crippen LogP contribution in [0.1, 0.15) is 20.8 Å². The molecule has 6 nitrogen and oxygen atoms in total. The molecule has 2 rings (SSSR count). The highest BCUT2D eigenvalue weighted by Crippen LogP contribution is 2.16. The van der Waals surface area contributed by atoms with Crippen LogP contribution in [0.25, 0.3) is 0 Å². The Bertz CT molecular complexity index is 651. The molecule has 19 heavy (non-hydrogen) atoms. The number of rotatable bonds is 3. The number of aromatic nitrogens is 2. The number of carbonyl (C=O) groups excluding carboxylic acids is 1. The first kappa shape index (κ1) is 12.7. The van der Waals surface area contributed by atoms with E-state index in [0.717, 1.165) is 6.07 Å². The average molecular weight is 263 g/mol. The highest BCUT2D eigenvalue weighted by Gasteiger charge is 2.14. The number of imidazole rings is 1. The molecule has 0 aliphatic rings. The Morgan fingerprint density at radius 3 is 2.68 bits per heavy atom. The number of carboxylic acid groups (broad SMARTS) is 1. The number of carbonyl (C=O) groups is 2. The first-order valence-electron chi connectivity index (χ1n) is 5.29. The van der Waals surface area contributed by atoms with Gasteiger partial charge in [0.1, 0.15) is 11.5 Å². The molecule has 1 amide bonds. The molecule has 0 saturated carbocycles. The van der Waals surface area contributed by atoms with E-state index in [0.29, 0.717) is 0 Å². The fourth-order valence-corrected chi connectivity index (χ4v) is 1.51. The van der Waals surface area contributed by atoms with Crippen molar-refractivity contribution >= 4 is 17.6 Å². The first-order chi connectivity index (χ1) is 8.99. The lowest BCUT2D eigenvalue weighted by Gasteiger charge is -2.07. The van der Waals surface area contributed by atoms with Gasteiger partial charge in [-0.1, -0.05) is 0 Å². The fourth-order valence-electron chi connectivity index (χ4n) is 1.51. The number of aryl methyl sites for hydroxylation is 1. The van der Waals surface area contributed by atoms with Gasteiger partial charge in [0.2, 0.25) is 0 Å². The Hall–Kier alpha value is -2.70. The summed E-state index contributed by atoms with van der Waals surface area (Å²) in [7, 11) is 1.63. The van der Waals surface area contributed by atoms with Crippen LogP contribution >= 0.6 is 0 Å². The van der Waals surface area contributed by atoms with Crippen LogP contribution < -0.4 is 5.32 Å². The highest BCUT2D eigenvalue weighted by molar-refractivity contribution is 6.03. The predicted octanol–water partition coefficient (Wildman–Crippen LogP) is 1.51. The maximum absolute atomic E-state index is 13.6. The molecular formula is C12H10FN3O3. The van der Waals surface area contributed by atoms with Crippen LogP contribution in [0.2, 0.25) is 0 Å². The SMILES string of the molecule is Cn1cncc1C(=O)Nc1ccc(C(=O)O)cc1F. The van der Waals surface area contributed by atoms with E-state index in [1.54, 1.807) is 7.05 Å². The predicted molar refractivity (Wildman–Crippen MR) is 64.5 cm³/mol. The van der Waals surface area contributed by atoms with E-state index in [1.165, 1.54) is 29.2 Å². The van der Waals surface area contributed by atoms with Crippen molar-refractivity contribution in [2.75, 3.05) is 5.32 Å². The van der Waals surface area contributed by atoms with Gasteiger partial charge in [0.25, 0.3) is 5.91 Å². The molecule has 0 saturated heterocycles. The standard InChI is InChI=1S/C12H10FN3O3/c1-16-6-14-5-10(16)11(17)15-9-3-2-7(12(18)19)4-8(9)13/h2-6H,1H3,(H,15,17)(H,18,19). The lowest BCUT2D eigenvalue weighted by Crippen LogP contribution is -2.16. The number of anilines is 1. The summed E-state index contributed by atoms with van der Waals surface area (Å²) in [6.45, 7) is 0. The minimum absolute atomic E-state index is 0.0869.